The fraction of sp³-hybridized carbons (Fsp3) is 0.379. The zero-order valence-electron chi connectivity index (χ0n) is 20.3. The summed E-state index contributed by atoms with van der Waals surface area (Å²) >= 11 is 12.5. The molecule has 1 aromatic carbocycles. The van der Waals surface area contributed by atoms with Crippen molar-refractivity contribution >= 4 is 102 Å². The topological polar surface area (TPSA) is 20.2 Å². The van der Waals surface area contributed by atoms with Crippen molar-refractivity contribution in [2.24, 2.45) is 0 Å². The molecule has 3 aromatic heterocycles. The predicted molar refractivity (Wildman–Crippen MR) is 193 cm³/mol. The Morgan fingerprint density at radius 3 is 1.64 bits per heavy atom. The second kappa shape index (κ2) is 17.9. The van der Waals surface area contributed by atoms with Gasteiger partial charge in [-0.2, -0.15) is 0 Å². The molecule has 1 nitrogen and oxygen atoms in total. The van der Waals surface area contributed by atoms with Crippen molar-refractivity contribution in [3.05, 3.63) is 93.6 Å². The van der Waals surface area contributed by atoms with Gasteiger partial charge >= 0.3 is 0 Å². The lowest BCUT2D eigenvalue weighted by atomic mass is 10.0. The summed E-state index contributed by atoms with van der Waals surface area (Å²) in [6.45, 7) is 12.9. The minimum absolute atomic E-state index is 0. The SMILES string of the molecule is C.C.Cc1sc(I)c(I)c1C.Cc1scc(C(O)CCc2ccccc2)c1C.Cc1scc(I)c1C. The summed E-state index contributed by atoms with van der Waals surface area (Å²) in [5.41, 5.74) is 6.52. The van der Waals surface area contributed by atoms with Crippen molar-refractivity contribution in [2.45, 2.75) is 75.3 Å². The fourth-order valence-electron chi connectivity index (χ4n) is 3.01. The Kier molecular flexibility index (Phi) is 18.2. The van der Waals surface area contributed by atoms with Gasteiger partial charge in [0, 0.05) is 27.2 Å². The monoisotopic (exact) mass is 880 g/mol. The molecule has 0 bridgehead atoms. The molecule has 0 fully saturated rings. The van der Waals surface area contributed by atoms with Gasteiger partial charge in [-0.15, -0.1) is 34.0 Å². The third kappa shape index (κ3) is 10.9. The van der Waals surface area contributed by atoms with E-state index in [1.807, 2.05) is 40.9 Å². The molecular formula is C29H39I3OS3. The highest BCUT2D eigenvalue weighted by Crippen LogP contribution is 2.30. The Balaban J connectivity index is 0.000000548. The Morgan fingerprint density at radius 1 is 0.750 bits per heavy atom. The number of aliphatic hydroxyl groups excluding tert-OH is 1. The van der Waals surface area contributed by atoms with Crippen molar-refractivity contribution in [1.82, 2.24) is 0 Å². The maximum absolute atomic E-state index is 10.2. The van der Waals surface area contributed by atoms with E-state index >= 15 is 0 Å². The molecule has 1 atom stereocenters. The van der Waals surface area contributed by atoms with Crippen molar-refractivity contribution in [1.29, 1.82) is 0 Å². The number of thiophene rings is 3. The molecule has 0 amide bonds. The fourth-order valence-corrected chi connectivity index (χ4v) is 8.73. The molecule has 0 aliphatic heterocycles. The number of hydrogen-bond donors (Lipinski definition) is 1. The van der Waals surface area contributed by atoms with Gasteiger partial charge in [0.05, 0.1) is 8.99 Å². The molecule has 0 saturated heterocycles. The third-order valence-electron chi connectivity index (χ3n) is 5.73. The lowest BCUT2D eigenvalue weighted by molar-refractivity contribution is 0.167. The molecule has 4 aromatic rings. The molecule has 7 heteroatoms. The highest BCUT2D eigenvalue weighted by Gasteiger charge is 2.13. The van der Waals surface area contributed by atoms with Crippen LogP contribution in [0.2, 0.25) is 0 Å². The van der Waals surface area contributed by atoms with Crippen molar-refractivity contribution in [3.8, 4) is 0 Å². The van der Waals surface area contributed by atoms with Crippen LogP contribution in [0, 0.1) is 51.6 Å². The van der Waals surface area contributed by atoms with E-state index in [1.54, 1.807) is 11.3 Å². The van der Waals surface area contributed by atoms with E-state index in [-0.39, 0.29) is 21.0 Å². The molecule has 1 N–H and O–H groups in total. The summed E-state index contributed by atoms with van der Waals surface area (Å²) < 4.78 is 4.24. The second-order valence-corrected chi connectivity index (χ2v) is 15.5. The molecule has 0 saturated carbocycles. The standard InChI is InChI=1S/C15H18OS.C6H6I2S.C6H7IS.2CH4/c1-11-12(2)17-10-14(11)15(16)9-8-13-6-4-3-5-7-13;1-3-4(2)9-6(8)5(3)7;1-4-5(2)8-3-6(4)7;;/h3-7,10,15-16H,8-9H2,1-2H3;1-2H3;3H,1-2H3;2*1H4. The average Bonchev–Trinajstić information content (AvgIpc) is 3.40. The van der Waals surface area contributed by atoms with Crippen LogP contribution in [0.25, 0.3) is 0 Å². The summed E-state index contributed by atoms with van der Waals surface area (Å²) in [5.74, 6) is 0. The first-order valence-electron chi connectivity index (χ1n) is 10.9. The molecular weight excluding hydrogens is 841 g/mol. The number of benzene rings is 1. The molecule has 3 heterocycles. The summed E-state index contributed by atoms with van der Waals surface area (Å²) in [7, 11) is 0. The average molecular weight is 881 g/mol. The molecule has 36 heavy (non-hydrogen) atoms. The van der Waals surface area contributed by atoms with Crippen LogP contribution in [-0.4, -0.2) is 5.11 Å². The van der Waals surface area contributed by atoms with Crippen LogP contribution >= 0.6 is 102 Å². The van der Waals surface area contributed by atoms with Crippen LogP contribution in [-0.2, 0) is 6.42 Å². The quantitative estimate of drug-likeness (QED) is 0.203. The van der Waals surface area contributed by atoms with Crippen molar-refractivity contribution < 1.29 is 5.11 Å². The van der Waals surface area contributed by atoms with E-state index in [2.05, 4.69) is 132 Å². The molecule has 0 radical (unpaired) electrons. The molecule has 0 aliphatic rings. The van der Waals surface area contributed by atoms with Gasteiger partial charge in [-0.1, -0.05) is 45.2 Å². The van der Waals surface area contributed by atoms with Crippen LogP contribution in [0.3, 0.4) is 0 Å². The van der Waals surface area contributed by atoms with Crippen LogP contribution in [0.4, 0.5) is 0 Å². The Morgan fingerprint density at radius 2 is 1.31 bits per heavy atom. The number of rotatable bonds is 4. The molecule has 200 valence electrons. The van der Waals surface area contributed by atoms with Gasteiger partial charge in [-0.3, -0.25) is 0 Å². The highest BCUT2D eigenvalue weighted by molar-refractivity contribution is 14.1. The first kappa shape index (κ1) is 36.5. The van der Waals surface area contributed by atoms with E-state index in [9.17, 15) is 5.11 Å². The van der Waals surface area contributed by atoms with Gasteiger partial charge in [0.25, 0.3) is 0 Å². The van der Waals surface area contributed by atoms with E-state index in [1.165, 1.54) is 46.9 Å². The van der Waals surface area contributed by atoms with Crippen molar-refractivity contribution in [2.75, 3.05) is 0 Å². The minimum Gasteiger partial charge on any atom is -0.388 e. The molecule has 0 aliphatic carbocycles. The van der Waals surface area contributed by atoms with Crippen molar-refractivity contribution in [3.63, 3.8) is 0 Å². The van der Waals surface area contributed by atoms with Gasteiger partial charge in [0.1, 0.15) is 0 Å². The summed E-state index contributed by atoms with van der Waals surface area (Å²) in [6.07, 6.45) is 1.39. The molecule has 4 rings (SSSR count). The summed E-state index contributed by atoms with van der Waals surface area (Å²) in [5, 5.41) is 14.5. The lowest BCUT2D eigenvalue weighted by Gasteiger charge is -2.10. The highest BCUT2D eigenvalue weighted by atomic mass is 127. The largest absolute Gasteiger partial charge is 0.388 e. The maximum Gasteiger partial charge on any atom is 0.0803 e. The van der Waals surface area contributed by atoms with Crippen LogP contribution in [0.15, 0.2) is 41.1 Å². The molecule has 0 spiro atoms. The predicted octanol–water partition coefficient (Wildman–Crippen LogP) is 11.8. The van der Waals surface area contributed by atoms with Crippen LogP contribution < -0.4 is 0 Å². The number of aliphatic hydroxyl groups is 1. The van der Waals surface area contributed by atoms with E-state index in [4.69, 9.17) is 0 Å². The van der Waals surface area contributed by atoms with Crippen LogP contribution in [0.5, 0.6) is 0 Å². The minimum atomic E-state index is -0.333. The van der Waals surface area contributed by atoms with Gasteiger partial charge in [0.15, 0.2) is 0 Å². The van der Waals surface area contributed by atoms with E-state index in [0.717, 1.165) is 18.4 Å². The Bertz CT molecular complexity index is 1130. The zero-order valence-corrected chi connectivity index (χ0v) is 29.3. The second-order valence-electron chi connectivity index (χ2n) is 8.05. The zero-order chi connectivity index (χ0) is 25.4. The first-order valence-corrected chi connectivity index (χ1v) is 16.7. The summed E-state index contributed by atoms with van der Waals surface area (Å²) in [4.78, 5) is 4.19. The van der Waals surface area contributed by atoms with E-state index < -0.39 is 0 Å². The number of halogens is 3. The van der Waals surface area contributed by atoms with Gasteiger partial charge in [0.2, 0.25) is 0 Å². The Labute approximate surface area is 272 Å². The van der Waals surface area contributed by atoms with E-state index in [0.29, 0.717) is 0 Å². The van der Waals surface area contributed by atoms with Crippen LogP contribution in [0.1, 0.15) is 69.8 Å². The maximum atomic E-state index is 10.2. The number of aryl methyl sites for hydroxylation is 4. The Hall–Kier alpha value is 0.470. The smallest absolute Gasteiger partial charge is 0.0803 e. The molecule has 1 unspecified atom stereocenters. The first-order chi connectivity index (χ1) is 16.0. The third-order valence-corrected chi connectivity index (χ3v) is 14.3. The van der Waals surface area contributed by atoms with Gasteiger partial charge < -0.3 is 5.11 Å². The number of hydrogen-bond acceptors (Lipinski definition) is 4. The van der Waals surface area contributed by atoms with Gasteiger partial charge in [-0.05, 0) is 155 Å². The summed E-state index contributed by atoms with van der Waals surface area (Å²) in [6, 6.07) is 10.3. The normalized spacial score (nSPS) is 10.7. The van der Waals surface area contributed by atoms with Gasteiger partial charge in [-0.25, -0.2) is 0 Å². The lowest BCUT2D eigenvalue weighted by Crippen LogP contribution is -2.00.